The van der Waals surface area contributed by atoms with Crippen molar-refractivity contribution in [3.05, 3.63) is 47.4 Å². The zero-order valence-electron chi connectivity index (χ0n) is 19.0. The van der Waals surface area contributed by atoms with Crippen LogP contribution in [0.1, 0.15) is 53.3 Å². The standard InChI is InChI=1S/C24H27N7O3/c1-14-11-16(12-18-21(14)28-22(27-18)15-4-5-15)24(33)26-13-20(32)30-9-6-17(7-10-30)31-19-3-2-8-25-23(19)29-34-31/h2-3,8,11-12,15,17H,4-7,9-10,13H2,1H3,(H,25,29)(H,26,33)(H,27,28). The van der Waals surface area contributed by atoms with E-state index in [-0.39, 0.29) is 24.4 Å². The zero-order valence-corrected chi connectivity index (χ0v) is 19.0. The fourth-order valence-corrected chi connectivity index (χ4v) is 4.78. The van der Waals surface area contributed by atoms with Crippen molar-refractivity contribution in [1.82, 2.24) is 25.2 Å². The highest BCUT2D eigenvalue weighted by Gasteiger charge is 2.33. The number of hydrogen-bond acceptors (Lipinski definition) is 7. The van der Waals surface area contributed by atoms with Crippen molar-refractivity contribution >= 4 is 34.4 Å². The molecule has 1 aliphatic carbocycles. The van der Waals surface area contributed by atoms with Gasteiger partial charge in [-0.3, -0.25) is 9.59 Å². The van der Waals surface area contributed by atoms with E-state index in [0.717, 1.165) is 53.8 Å². The molecule has 176 valence electrons. The van der Waals surface area contributed by atoms with Gasteiger partial charge in [0, 0.05) is 30.8 Å². The summed E-state index contributed by atoms with van der Waals surface area (Å²) in [5.41, 5.74) is 7.02. The Morgan fingerprint density at radius 2 is 2.03 bits per heavy atom. The van der Waals surface area contributed by atoms with Gasteiger partial charge in [-0.2, -0.15) is 4.94 Å². The number of piperidine rings is 1. The monoisotopic (exact) mass is 461 g/mol. The lowest BCUT2D eigenvalue weighted by Crippen LogP contribution is -2.48. The molecule has 2 fully saturated rings. The third-order valence-electron chi connectivity index (χ3n) is 6.84. The fraction of sp³-hybridized carbons (Fsp3) is 0.417. The Balaban J connectivity index is 1.04. The largest absolute Gasteiger partial charge is 0.343 e. The van der Waals surface area contributed by atoms with Gasteiger partial charge in [-0.15, -0.1) is 0 Å². The van der Waals surface area contributed by atoms with E-state index in [1.807, 2.05) is 36.3 Å². The number of aryl methyl sites for hydroxylation is 1. The minimum Gasteiger partial charge on any atom is -0.343 e. The molecule has 10 nitrogen and oxygen atoms in total. The number of pyridine rings is 1. The molecule has 3 aliphatic rings. The molecule has 3 aromatic rings. The number of H-pyrrole nitrogens is 1. The SMILES string of the molecule is Cc1cc(C(=O)NCC(=O)N2CCC(N3ONc4ncccc43)CC2)cc2[nH]c(C3CC3)nc12. The first-order chi connectivity index (χ1) is 16.6. The van der Waals surface area contributed by atoms with E-state index in [1.54, 1.807) is 11.1 Å². The van der Waals surface area contributed by atoms with Crippen molar-refractivity contribution in [3.8, 4) is 0 Å². The van der Waals surface area contributed by atoms with Crippen LogP contribution in [-0.2, 0) is 9.73 Å². The van der Waals surface area contributed by atoms with E-state index in [2.05, 4.69) is 25.7 Å². The molecule has 1 saturated carbocycles. The number of hydroxylamine groups is 1. The van der Waals surface area contributed by atoms with E-state index in [9.17, 15) is 9.59 Å². The van der Waals surface area contributed by atoms with Gasteiger partial charge in [-0.25, -0.2) is 20.5 Å². The van der Waals surface area contributed by atoms with Crippen molar-refractivity contribution in [2.24, 2.45) is 0 Å². The summed E-state index contributed by atoms with van der Waals surface area (Å²) in [6.45, 7) is 3.15. The minimum absolute atomic E-state index is 0.0224. The van der Waals surface area contributed by atoms with Crippen molar-refractivity contribution in [1.29, 1.82) is 0 Å². The average Bonchev–Trinajstić information content (AvgIpc) is 3.47. The summed E-state index contributed by atoms with van der Waals surface area (Å²) in [6.07, 6.45) is 5.59. The van der Waals surface area contributed by atoms with Gasteiger partial charge >= 0.3 is 0 Å². The van der Waals surface area contributed by atoms with Crippen LogP contribution < -0.4 is 15.9 Å². The number of carbonyl (C=O) groups is 2. The molecule has 0 bridgehead atoms. The second-order valence-electron chi connectivity index (χ2n) is 9.27. The van der Waals surface area contributed by atoms with E-state index in [1.165, 1.54) is 0 Å². The molecule has 1 saturated heterocycles. The minimum atomic E-state index is -0.253. The highest BCUT2D eigenvalue weighted by molar-refractivity contribution is 5.99. The van der Waals surface area contributed by atoms with Crippen LogP contribution in [-0.4, -0.2) is 57.3 Å². The van der Waals surface area contributed by atoms with E-state index in [0.29, 0.717) is 30.4 Å². The number of fused-ring (bicyclic) bond motifs is 2. The number of aromatic amines is 1. The van der Waals surface area contributed by atoms with Gasteiger partial charge in [0.25, 0.3) is 5.91 Å². The van der Waals surface area contributed by atoms with Gasteiger partial charge in [-0.05, 0) is 62.4 Å². The number of amides is 2. The molecule has 1 aromatic carbocycles. The number of rotatable bonds is 5. The Kier molecular flexibility index (Phi) is 5.09. The third kappa shape index (κ3) is 3.83. The second kappa shape index (κ2) is 8.28. The van der Waals surface area contributed by atoms with Crippen LogP contribution in [0.4, 0.5) is 11.5 Å². The summed E-state index contributed by atoms with van der Waals surface area (Å²) in [6, 6.07) is 7.65. The highest BCUT2D eigenvalue weighted by atomic mass is 16.8. The smallest absolute Gasteiger partial charge is 0.251 e. The molecule has 0 radical (unpaired) electrons. The average molecular weight is 462 g/mol. The van der Waals surface area contributed by atoms with Crippen LogP contribution in [0.25, 0.3) is 11.0 Å². The Morgan fingerprint density at radius 3 is 2.82 bits per heavy atom. The molecule has 10 heteroatoms. The first kappa shape index (κ1) is 20.9. The number of carbonyl (C=O) groups excluding carboxylic acids is 2. The fourth-order valence-electron chi connectivity index (χ4n) is 4.78. The van der Waals surface area contributed by atoms with Crippen LogP contribution in [0.3, 0.4) is 0 Å². The number of anilines is 2. The topological polar surface area (TPSA) is 115 Å². The number of imidazole rings is 1. The summed E-state index contributed by atoms with van der Waals surface area (Å²) in [4.78, 5) is 45.2. The summed E-state index contributed by atoms with van der Waals surface area (Å²) in [7, 11) is 0. The molecule has 34 heavy (non-hydrogen) atoms. The van der Waals surface area contributed by atoms with Crippen LogP contribution >= 0.6 is 0 Å². The summed E-state index contributed by atoms with van der Waals surface area (Å²) in [5, 5.41) is 4.63. The first-order valence-electron chi connectivity index (χ1n) is 11.8. The number of nitrogens with zero attached hydrogens (tertiary/aromatic N) is 4. The Bertz CT molecular complexity index is 1260. The third-order valence-corrected chi connectivity index (χ3v) is 6.84. The van der Waals surface area contributed by atoms with Crippen molar-refractivity contribution in [3.63, 3.8) is 0 Å². The lowest BCUT2D eigenvalue weighted by molar-refractivity contribution is -0.131. The van der Waals surface area contributed by atoms with Crippen molar-refractivity contribution < 1.29 is 14.5 Å². The number of likely N-dealkylation sites (tertiary alicyclic amines) is 1. The summed E-state index contributed by atoms with van der Waals surface area (Å²) >= 11 is 0. The number of aromatic nitrogens is 3. The quantitative estimate of drug-likeness (QED) is 0.535. The molecule has 2 aliphatic heterocycles. The molecule has 4 heterocycles. The Morgan fingerprint density at radius 1 is 1.21 bits per heavy atom. The number of hydrogen-bond donors (Lipinski definition) is 3. The van der Waals surface area contributed by atoms with Gasteiger partial charge < -0.3 is 15.2 Å². The molecule has 3 N–H and O–H groups in total. The lowest BCUT2D eigenvalue weighted by atomic mass is 10.0. The lowest BCUT2D eigenvalue weighted by Gasteiger charge is -2.35. The molecule has 0 spiro atoms. The first-order valence-corrected chi connectivity index (χ1v) is 11.8. The maximum Gasteiger partial charge on any atom is 0.251 e. The molecule has 6 rings (SSSR count). The van der Waals surface area contributed by atoms with Gasteiger partial charge in [0.1, 0.15) is 11.5 Å². The molecule has 0 unspecified atom stereocenters. The molecular formula is C24H27N7O3. The van der Waals surface area contributed by atoms with Crippen LogP contribution in [0.5, 0.6) is 0 Å². The van der Waals surface area contributed by atoms with E-state index >= 15 is 0 Å². The molecule has 2 aromatic heterocycles. The summed E-state index contributed by atoms with van der Waals surface area (Å²) in [5.74, 6) is 1.90. The van der Waals surface area contributed by atoms with Crippen molar-refractivity contribution in [2.45, 2.75) is 44.6 Å². The van der Waals surface area contributed by atoms with Gasteiger partial charge in [-0.1, -0.05) is 0 Å². The Labute approximate surface area is 196 Å². The molecule has 2 amide bonds. The number of benzene rings is 1. The van der Waals surface area contributed by atoms with Gasteiger partial charge in [0.15, 0.2) is 5.82 Å². The Hall–Kier alpha value is -3.66. The zero-order chi connectivity index (χ0) is 23.2. The molecule has 0 atom stereocenters. The van der Waals surface area contributed by atoms with Gasteiger partial charge in [0.2, 0.25) is 5.91 Å². The van der Waals surface area contributed by atoms with Gasteiger partial charge in [0.05, 0.1) is 23.6 Å². The maximum atomic E-state index is 12.8. The van der Waals surface area contributed by atoms with Crippen molar-refractivity contribution in [2.75, 3.05) is 30.2 Å². The van der Waals surface area contributed by atoms with E-state index in [4.69, 9.17) is 4.94 Å². The molecular weight excluding hydrogens is 434 g/mol. The maximum absolute atomic E-state index is 12.8. The normalized spacial score (nSPS) is 18.1. The second-order valence-corrected chi connectivity index (χ2v) is 9.27. The number of nitrogens with one attached hydrogen (secondary N) is 3. The predicted molar refractivity (Wildman–Crippen MR) is 126 cm³/mol. The summed E-state index contributed by atoms with van der Waals surface area (Å²) < 4.78 is 0. The predicted octanol–water partition coefficient (Wildman–Crippen LogP) is 2.64. The van der Waals surface area contributed by atoms with Crippen LogP contribution in [0.15, 0.2) is 30.5 Å². The van der Waals surface area contributed by atoms with Crippen LogP contribution in [0.2, 0.25) is 0 Å². The highest BCUT2D eigenvalue weighted by Crippen LogP contribution is 2.39. The van der Waals surface area contributed by atoms with Crippen LogP contribution in [0, 0.1) is 6.92 Å². The van der Waals surface area contributed by atoms with E-state index < -0.39 is 0 Å².